The zero-order chi connectivity index (χ0) is 12.8. The lowest BCUT2D eigenvalue weighted by Gasteiger charge is -2.16. The molecule has 5 heteroatoms. The Morgan fingerprint density at radius 2 is 2.28 bits per heavy atom. The average Bonchev–Trinajstić information content (AvgIpc) is 2.83. The summed E-state index contributed by atoms with van der Waals surface area (Å²) in [6, 6.07) is 5.77. The molecular formula is C13H20N2O3. The number of nitrogens with two attached hydrogens (primary N) is 1. The van der Waals surface area contributed by atoms with Crippen molar-refractivity contribution in [2.24, 2.45) is 5.73 Å². The highest BCUT2D eigenvalue weighted by Gasteiger charge is 2.14. The second-order valence-electron chi connectivity index (χ2n) is 4.41. The Morgan fingerprint density at radius 3 is 3.11 bits per heavy atom. The van der Waals surface area contributed by atoms with Crippen LogP contribution in [0.5, 0.6) is 11.5 Å². The van der Waals surface area contributed by atoms with E-state index in [1.807, 2.05) is 18.2 Å². The highest BCUT2D eigenvalue weighted by molar-refractivity contribution is 5.41. The van der Waals surface area contributed by atoms with Gasteiger partial charge in [-0.3, -0.25) is 0 Å². The normalized spacial score (nSPS) is 13.5. The van der Waals surface area contributed by atoms with Crippen LogP contribution in [-0.4, -0.2) is 38.2 Å². The summed E-state index contributed by atoms with van der Waals surface area (Å²) >= 11 is 0. The molecule has 1 aliphatic heterocycles. The lowest BCUT2D eigenvalue weighted by atomic mass is 10.2. The molecule has 0 bridgehead atoms. The van der Waals surface area contributed by atoms with Crippen LogP contribution in [0.3, 0.4) is 0 Å². The topological polar surface area (TPSA) is 57.0 Å². The summed E-state index contributed by atoms with van der Waals surface area (Å²) in [5, 5.41) is 0. The number of nitrogens with zero attached hydrogens (tertiary/aromatic N) is 1. The van der Waals surface area contributed by atoms with Gasteiger partial charge >= 0.3 is 0 Å². The highest BCUT2D eigenvalue weighted by Crippen LogP contribution is 2.29. The molecule has 0 atom stereocenters. The number of benzene rings is 1. The minimum absolute atomic E-state index is 0.511. The van der Waals surface area contributed by atoms with Gasteiger partial charge in [0.2, 0.25) is 0 Å². The average molecular weight is 252 g/mol. The van der Waals surface area contributed by atoms with Crippen LogP contribution in [0.25, 0.3) is 0 Å². The van der Waals surface area contributed by atoms with Crippen LogP contribution < -0.4 is 15.4 Å². The molecule has 0 fully saturated rings. The summed E-state index contributed by atoms with van der Waals surface area (Å²) in [4.78, 5) is 12.1. The Labute approximate surface area is 107 Å². The first kappa shape index (κ1) is 13.1. The van der Waals surface area contributed by atoms with E-state index < -0.39 is 0 Å². The fourth-order valence-electron chi connectivity index (χ4n) is 1.77. The Morgan fingerprint density at radius 1 is 1.39 bits per heavy atom. The van der Waals surface area contributed by atoms with E-state index >= 15 is 0 Å². The molecule has 1 heterocycles. The van der Waals surface area contributed by atoms with Gasteiger partial charge in [-0.15, -0.1) is 0 Å². The standard InChI is InChI=1S/C13H20N2O3/c1-15(6-2-5-14)7-8-16-12-4-3-11-10-17-18-13(11)9-12/h3-4,9H,2,5-8,10,14H2,1H3. The Hall–Kier alpha value is -1.30. The number of rotatable bonds is 7. The van der Waals surface area contributed by atoms with Crippen LogP contribution in [0, 0.1) is 0 Å². The molecule has 1 aromatic rings. The van der Waals surface area contributed by atoms with Crippen molar-refractivity contribution < 1.29 is 14.5 Å². The maximum Gasteiger partial charge on any atom is 0.174 e. The fraction of sp³-hybridized carbons (Fsp3) is 0.538. The summed E-state index contributed by atoms with van der Waals surface area (Å²) in [5.41, 5.74) is 6.52. The van der Waals surface area contributed by atoms with Crippen molar-refractivity contribution >= 4 is 0 Å². The van der Waals surface area contributed by atoms with E-state index in [1.54, 1.807) is 0 Å². The molecule has 0 amide bonds. The van der Waals surface area contributed by atoms with Crippen LogP contribution >= 0.6 is 0 Å². The first-order chi connectivity index (χ1) is 8.79. The predicted octanol–water partition coefficient (Wildman–Crippen LogP) is 1.17. The summed E-state index contributed by atoms with van der Waals surface area (Å²) in [6.45, 7) is 3.78. The van der Waals surface area contributed by atoms with Crippen molar-refractivity contribution in [3.05, 3.63) is 23.8 Å². The van der Waals surface area contributed by atoms with Crippen molar-refractivity contribution in [1.29, 1.82) is 0 Å². The molecular weight excluding hydrogens is 232 g/mol. The molecule has 18 heavy (non-hydrogen) atoms. The van der Waals surface area contributed by atoms with Crippen LogP contribution in [-0.2, 0) is 11.5 Å². The van der Waals surface area contributed by atoms with E-state index in [1.165, 1.54) is 0 Å². The largest absolute Gasteiger partial charge is 0.492 e. The first-order valence-electron chi connectivity index (χ1n) is 6.23. The number of likely N-dealkylation sites (N-methyl/N-ethyl adjacent to an activating group) is 1. The van der Waals surface area contributed by atoms with Crippen LogP contribution in [0.2, 0.25) is 0 Å². The second kappa shape index (κ2) is 6.58. The van der Waals surface area contributed by atoms with Gasteiger partial charge < -0.3 is 20.3 Å². The number of hydrogen-bond donors (Lipinski definition) is 1. The van der Waals surface area contributed by atoms with Gasteiger partial charge in [-0.1, -0.05) is 0 Å². The molecule has 0 saturated heterocycles. The molecule has 0 saturated carbocycles. The molecule has 0 spiro atoms. The fourth-order valence-corrected chi connectivity index (χ4v) is 1.77. The van der Waals surface area contributed by atoms with E-state index in [0.29, 0.717) is 13.2 Å². The van der Waals surface area contributed by atoms with E-state index in [2.05, 4.69) is 11.9 Å². The Bertz CT molecular complexity index is 384. The van der Waals surface area contributed by atoms with Crippen molar-refractivity contribution in [2.45, 2.75) is 13.0 Å². The van der Waals surface area contributed by atoms with Gasteiger partial charge in [0.1, 0.15) is 19.0 Å². The predicted molar refractivity (Wildman–Crippen MR) is 68.5 cm³/mol. The zero-order valence-corrected chi connectivity index (χ0v) is 10.7. The van der Waals surface area contributed by atoms with Crippen molar-refractivity contribution in [3.8, 4) is 11.5 Å². The number of hydrogen-bond acceptors (Lipinski definition) is 5. The smallest absolute Gasteiger partial charge is 0.174 e. The van der Waals surface area contributed by atoms with Gasteiger partial charge in [0, 0.05) is 18.2 Å². The van der Waals surface area contributed by atoms with E-state index in [-0.39, 0.29) is 0 Å². The van der Waals surface area contributed by atoms with Gasteiger partial charge in [0.15, 0.2) is 5.75 Å². The maximum absolute atomic E-state index is 5.67. The third-order valence-electron chi connectivity index (χ3n) is 2.89. The van der Waals surface area contributed by atoms with Crippen molar-refractivity contribution in [1.82, 2.24) is 4.90 Å². The molecule has 2 N–H and O–H groups in total. The van der Waals surface area contributed by atoms with Gasteiger partial charge in [-0.25, -0.2) is 0 Å². The van der Waals surface area contributed by atoms with E-state index in [9.17, 15) is 0 Å². The third kappa shape index (κ3) is 3.60. The van der Waals surface area contributed by atoms with Crippen LogP contribution in [0.1, 0.15) is 12.0 Å². The zero-order valence-electron chi connectivity index (χ0n) is 10.7. The number of fused-ring (bicyclic) bond motifs is 1. The molecule has 0 radical (unpaired) electrons. The van der Waals surface area contributed by atoms with Crippen LogP contribution in [0.4, 0.5) is 0 Å². The highest BCUT2D eigenvalue weighted by atomic mass is 17.2. The molecule has 1 aromatic carbocycles. The maximum atomic E-state index is 5.67. The van der Waals surface area contributed by atoms with Gasteiger partial charge in [0.05, 0.1) is 0 Å². The monoisotopic (exact) mass is 252 g/mol. The number of ether oxygens (including phenoxy) is 1. The summed E-state index contributed by atoms with van der Waals surface area (Å²) in [7, 11) is 2.07. The van der Waals surface area contributed by atoms with Crippen LogP contribution in [0.15, 0.2) is 18.2 Å². The molecule has 5 nitrogen and oxygen atoms in total. The minimum Gasteiger partial charge on any atom is -0.492 e. The second-order valence-corrected chi connectivity index (χ2v) is 4.41. The van der Waals surface area contributed by atoms with Crippen molar-refractivity contribution in [3.63, 3.8) is 0 Å². The third-order valence-corrected chi connectivity index (χ3v) is 2.89. The quantitative estimate of drug-likeness (QED) is 0.738. The van der Waals surface area contributed by atoms with Crippen molar-refractivity contribution in [2.75, 3.05) is 33.3 Å². The Balaban J connectivity index is 1.73. The minimum atomic E-state index is 0.511. The van der Waals surface area contributed by atoms with Gasteiger partial charge in [-0.2, -0.15) is 4.89 Å². The van der Waals surface area contributed by atoms with E-state index in [4.69, 9.17) is 20.2 Å². The van der Waals surface area contributed by atoms with Gasteiger partial charge in [0.25, 0.3) is 0 Å². The lowest BCUT2D eigenvalue weighted by Crippen LogP contribution is -2.26. The molecule has 0 aromatic heterocycles. The first-order valence-corrected chi connectivity index (χ1v) is 6.23. The summed E-state index contributed by atoms with van der Waals surface area (Å²) in [6.07, 6.45) is 1.01. The molecule has 0 aliphatic carbocycles. The Kier molecular flexibility index (Phi) is 4.81. The summed E-state index contributed by atoms with van der Waals surface area (Å²) in [5.74, 6) is 1.57. The molecule has 1 aliphatic rings. The molecule has 2 rings (SSSR count). The van der Waals surface area contributed by atoms with Gasteiger partial charge in [-0.05, 0) is 38.7 Å². The summed E-state index contributed by atoms with van der Waals surface area (Å²) < 4.78 is 5.67. The molecule has 100 valence electrons. The SMILES string of the molecule is CN(CCCN)CCOc1ccc2c(c1)OOC2. The lowest BCUT2D eigenvalue weighted by molar-refractivity contribution is -0.194. The van der Waals surface area contributed by atoms with E-state index in [0.717, 1.165) is 43.1 Å². The molecule has 0 unspecified atom stereocenters.